The first-order valence-corrected chi connectivity index (χ1v) is 3.01. The number of nitrogens with zero attached hydrogens (tertiary/aromatic N) is 1. The zero-order chi connectivity index (χ0) is 7.28. The molecule has 0 heterocycles. The lowest BCUT2D eigenvalue weighted by molar-refractivity contribution is 0.810. The maximum atomic E-state index is 3.83. The lowest BCUT2D eigenvalue weighted by Gasteiger charge is -1.99. The van der Waals surface area contributed by atoms with Crippen molar-refractivity contribution in [1.82, 2.24) is 0 Å². The van der Waals surface area contributed by atoms with Crippen LogP contribution in [0.4, 0.5) is 0 Å². The number of aliphatic imine (C=N–C) groups is 1. The van der Waals surface area contributed by atoms with Crippen molar-refractivity contribution >= 4 is 6.21 Å². The number of hydrogen-bond acceptors (Lipinski definition) is 1. The molecule has 0 radical (unpaired) electrons. The molecule has 0 aliphatic rings. The minimum atomic E-state index is 0.480. The lowest BCUT2D eigenvalue weighted by Crippen LogP contribution is -1.91. The van der Waals surface area contributed by atoms with Crippen LogP contribution < -0.4 is 0 Å². The predicted octanol–water partition coefficient (Wildman–Crippen LogP) is 2.41. The van der Waals surface area contributed by atoms with Gasteiger partial charge in [0.1, 0.15) is 0 Å². The summed E-state index contributed by atoms with van der Waals surface area (Å²) in [5.74, 6) is 0.480. The van der Waals surface area contributed by atoms with E-state index in [9.17, 15) is 0 Å². The summed E-state index contributed by atoms with van der Waals surface area (Å²) in [5.41, 5.74) is 1.04. The van der Waals surface area contributed by atoms with Gasteiger partial charge in [-0.15, -0.1) is 0 Å². The minimum absolute atomic E-state index is 0.480. The third-order valence-corrected chi connectivity index (χ3v) is 1.09. The molecule has 1 nitrogen and oxygen atoms in total. The van der Waals surface area contributed by atoms with E-state index in [1.165, 1.54) is 6.20 Å². The molecule has 50 valence electrons. The highest BCUT2D eigenvalue weighted by Gasteiger charge is 1.92. The van der Waals surface area contributed by atoms with Gasteiger partial charge in [-0.1, -0.05) is 27.0 Å². The Morgan fingerprint density at radius 1 is 1.56 bits per heavy atom. The summed E-state index contributed by atoms with van der Waals surface area (Å²) >= 11 is 0. The second-order valence-corrected chi connectivity index (χ2v) is 2.19. The molecule has 0 bridgehead atoms. The van der Waals surface area contributed by atoms with Crippen LogP contribution in [0.1, 0.15) is 13.8 Å². The van der Waals surface area contributed by atoms with E-state index < -0.39 is 0 Å². The number of rotatable bonds is 3. The smallest absolute Gasteiger partial charge is 0.0296 e. The highest BCUT2D eigenvalue weighted by Crippen LogP contribution is 2.02. The second kappa shape index (κ2) is 4.07. The van der Waals surface area contributed by atoms with E-state index in [1.807, 2.05) is 0 Å². The van der Waals surface area contributed by atoms with Gasteiger partial charge in [0.05, 0.1) is 0 Å². The fraction of sp³-hybridized carbons (Fsp3) is 0.375. The average molecular weight is 123 g/mol. The van der Waals surface area contributed by atoms with E-state index in [-0.39, 0.29) is 0 Å². The summed E-state index contributed by atoms with van der Waals surface area (Å²) in [7, 11) is 0. The van der Waals surface area contributed by atoms with Crippen LogP contribution in [0.3, 0.4) is 0 Å². The highest BCUT2D eigenvalue weighted by atomic mass is 14.7. The molecule has 0 amide bonds. The van der Waals surface area contributed by atoms with Crippen molar-refractivity contribution in [2.75, 3.05) is 0 Å². The summed E-state index contributed by atoms with van der Waals surface area (Å²) in [6.07, 6.45) is 3.24. The van der Waals surface area contributed by atoms with Gasteiger partial charge < -0.3 is 0 Å². The zero-order valence-electron chi connectivity index (χ0n) is 6.09. The van der Waals surface area contributed by atoms with E-state index in [4.69, 9.17) is 0 Å². The summed E-state index contributed by atoms with van der Waals surface area (Å²) in [6.45, 7) is 11.4. The van der Waals surface area contributed by atoms with E-state index in [1.54, 1.807) is 6.21 Å². The molecule has 9 heavy (non-hydrogen) atoms. The normalized spacial score (nSPS) is 10.6. The molecule has 0 unspecified atom stereocenters. The molecule has 0 rings (SSSR count). The third-order valence-electron chi connectivity index (χ3n) is 1.09. The van der Waals surface area contributed by atoms with Gasteiger partial charge in [0.15, 0.2) is 0 Å². The maximum absolute atomic E-state index is 3.83. The van der Waals surface area contributed by atoms with Crippen molar-refractivity contribution < 1.29 is 0 Å². The van der Waals surface area contributed by atoms with Gasteiger partial charge in [0.2, 0.25) is 0 Å². The van der Waals surface area contributed by atoms with Crippen molar-refractivity contribution in [3.05, 3.63) is 24.9 Å². The van der Waals surface area contributed by atoms with Crippen molar-refractivity contribution in [3.8, 4) is 0 Å². The molecular weight excluding hydrogens is 110 g/mol. The fourth-order valence-electron chi connectivity index (χ4n) is 0.298. The minimum Gasteiger partial charge on any atom is -0.265 e. The molecule has 0 aliphatic carbocycles. The first kappa shape index (κ1) is 8.15. The van der Waals surface area contributed by atoms with Gasteiger partial charge in [-0.25, -0.2) is 0 Å². The van der Waals surface area contributed by atoms with Gasteiger partial charge in [0, 0.05) is 12.4 Å². The molecule has 0 fully saturated rings. The van der Waals surface area contributed by atoms with Crippen LogP contribution >= 0.6 is 0 Å². The SMILES string of the molecule is C=CN=CC(=C)C(C)C. The van der Waals surface area contributed by atoms with Crippen LogP contribution in [0.2, 0.25) is 0 Å². The Morgan fingerprint density at radius 3 is 2.44 bits per heavy atom. The summed E-state index contributed by atoms with van der Waals surface area (Å²) in [5, 5.41) is 0. The molecule has 0 saturated carbocycles. The number of hydrogen-bond donors (Lipinski definition) is 0. The molecular formula is C8H13N. The van der Waals surface area contributed by atoms with Crippen LogP contribution in [0.5, 0.6) is 0 Å². The van der Waals surface area contributed by atoms with Crippen molar-refractivity contribution in [2.24, 2.45) is 10.9 Å². The summed E-state index contributed by atoms with van der Waals surface area (Å²) in [4.78, 5) is 3.83. The predicted molar refractivity (Wildman–Crippen MR) is 42.7 cm³/mol. The van der Waals surface area contributed by atoms with Crippen LogP contribution in [0, 0.1) is 5.92 Å². The molecule has 0 aromatic carbocycles. The van der Waals surface area contributed by atoms with Crippen LogP contribution in [-0.4, -0.2) is 6.21 Å². The van der Waals surface area contributed by atoms with Crippen molar-refractivity contribution in [2.45, 2.75) is 13.8 Å². The summed E-state index contributed by atoms with van der Waals surface area (Å²) < 4.78 is 0. The van der Waals surface area contributed by atoms with Crippen LogP contribution in [-0.2, 0) is 0 Å². The standard InChI is InChI=1S/C8H13N/c1-5-9-6-8(4)7(2)3/h5-7H,1,4H2,2-3H3. The third kappa shape index (κ3) is 3.71. The Kier molecular flexibility index (Phi) is 3.69. The van der Waals surface area contributed by atoms with Gasteiger partial charge >= 0.3 is 0 Å². The maximum Gasteiger partial charge on any atom is 0.0296 e. The number of allylic oxidation sites excluding steroid dienone is 1. The van der Waals surface area contributed by atoms with Gasteiger partial charge in [0.25, 0.3) is 0 Å². The molecule has 1 heteroatoms. The molecule has 0 aliphatic heterocycles. The van der Waals surface area contributed by atoms with Crippen LogP contribution in [0.25, 0.3) is 0 Å². The molecule has 0 N–H and O–H groups in total. The molecule has 0 saturated heterocycles. The van der Waals surface area contributed by atoms with E-state index in [0.717, 1.165) is 5.57 Å². The van der Waals surface area contributed by atoms with Gasteiger partial charge in [-0.2, -0.15) is 0 Å². The fourth-order valence-corrected chi connectivity index (χ4v) is 0.298. The first-order valence-electron chi connectivity index (χ1n) is 3.01. The monoisotopic (exact) mass is 123 g/mol. The quantitative estimate of drug-likeness (QED) is 0.511. The molecule has 0 aromatic rings. The molecule has 0 spiro atoms. The molecule has 0 aromatic heterocycles. The molecule has 0 atom stereocenters. The van der Waals surface area contributed by atoms with Gasteiger partial charge in [-0.3, -0.25) is 4.99 Å². The van der Waals surface area contributed by atoms with Crippen LogP contribution in [0.15, 0.2) is 29.9 Å². The first-order chi connectivity index (χ1) is 4.18. The van der Waals surface area contributed by atoms with E-state index in [2.05, 4.69) is 32.0 Å². The van der Waals surface area contributed by atoms with Crippen molar-refractivity contribution in [3.63, 3.8) is 0 Å². The lowest BCUT2D eigenvalue weighted by atomic mass is 10.1. The largest absolute Gasteiger partial charge is 0.265 e. The van der Waals surface area contributed by atoms with Gasteiger partial charge in [-0.05, 0) is 11.5 Å². The Bertz CT molecular complexity index is 132. The average Bonchev–Trinajstić information content (AvgIpc) is 1.82. The second-order valence-electron chi connectivity index (χ2n) is 2.19. The van der Waals surface area contributed by atoms with Crippen molar-refractivity contribution in [1.29, 1.82) is 0 Å². The van der Waals surface area contributed by atoms with E-state index >= 15 is 0 Å². The highest BCUT2D eigenvalue weighted by molar-refractivity contribution is 5.78. The Balaban J connectivity index is 3.76. The zero-order valence-corrected chi connectivity index (χ0v) is 6.09. The summed E-state index contributed by atoms with van der Waals surface area (Å²) in [6, 6.07) is 0. The van der Waals surface area contributed by atoms with E-state index in [0.29, 0.717) is 5.92 Å². The Labute approximate surface area is 56.8 Å². The Hall–Kier alpha value is -0.850. The topological polar surface area (TPSA) is 12.4 Å². The Morgan fingerprint density at radius 2 is 2.11 bits per heavy atom.